The molecule has 206 valence electrons. The third-order valence-corrected chi connectivity index (χ3v) is 9.20. The van der Waals surface area contributed by atoms with Crippen molar-refractivity contribution in [3.8, 4) is 0 Å². The SMILES string of the molecule is O=C(c1cc([N+](=O)[O-])c(N2CCOCC2)c([N+](=O)[O-])c1)N1N=C2/C(=C/c3cccs3)CCC[C@@H]2[C@H]1c1cccs1. The molecule has 2 aromatic heterocycles. The van der Waals surface area contributed by atoms with Gasteiger partial charge in [-0.1, -0.05) is 12.1 Å². The number of nitro groups is 2. The van der Waals surface area contributed by atoms with Crippen LogP contribution in [0.5, 0.6) is 0 Å². The van der Waals surface area contributed by atoms with Gasteiger partial charge in [0.25, 0.3) is 17.3 Å². The second kappa shape index (κ2) is 10.9. The fourth-order valence-corrected chi connectivity index (χ4v) is 7.26. The third-order valence-electron chi connectivity index (χ3n) is 7.44. The van der Waals surface area contributed by atoms with Crippen LogP contribution in [0.3, 0.4) is 0 Å². The molecule has 1 amide bonds. The van der Waals surface area contributed by atoms with E-state index in [2.05, 4.69) is 6.08 Å². The first-order valence-electron chi connectivity index (χ1n) is 12.9. The van der Waals surface area contributed by atoms with Crippen molar-refractivity contribution in [3.63, 3.8) is 0 Å². The predicted molar refractivity (Wildman–Crippen MR) is 153 cm³/mol. The monoisotopic (exact) mass is 579 g/mol. The van der Waals surface area contributed by atoms with Crippen LogP contribution in [0, 0.1) is 26.1 Å². The second-order valence-electron chi connectivity index (χ2n) is 9.76. The number of thiophene rings is 2. The van der Waals surface area contributed by atoms with E-state index in [-0.39, 0.29) is 30.3 Å². The van der Waals surface area contributed by atoms with Gasteiger partial charge < -0.3 is 9.64 Å². The first-order valence-corrected chi connectivity index (χ1v) is 14.7. The Morgan fingerprint density at radius 1 is 1.05 bits per heavy atom. The largest absolute Gasteiger partial charge is 0.378 e. The number of hydrazone groups is 1. The molecule has 0 unspecified atom stereocenters. The lowest BCUT2D eigenvalue weighted by Gasteiger charge is -2.29. The molecule has 0 spiro atoms. The number of carbonyl (C=O) groups excluding carboxylic acids is 1. The maximum atomic E-state index is 14.1. The summed E-state index contributed by atoms with van der Waals surface area (Å²) >= 11 is 3.14. The fraction of sp³-hybridized carbons (Fsp3) is 0.333. The van der Waals surface area contributed by atoms with E-state index in [1.165, 1.54) is 16.3 Å². The van der Waals surface area contributed by atoms with Crippen LogP contribution in [0.4, 0.5) is 17.1 Å². The number of anilines is 1. The highest BCUT2D eigenvalue weighted by Crippen LogP contribution is 2.47. The lowest BCUT2D eigenvalue weighted by molar-refractivity contribution is -0.392. The summed E-state index contributed by atoms with van der Waals surface area (Å²) in [6.07, 6.45) is 4.72. The van der Waals surface area contributed by atoms with Crippen molar-refractivity contribution >= 4 is 57.4 Å². The van der Waals surface area contributed by atoms with Crippen LogP contribution in [0.25, 0.3) is 6.08 Å². The van der Waals surface area contributed by atoms with Crippen LogP contribution in [0.15, 0.2) is 57.8 Å². The highest BCUT2D eigenvalue weighted by Gasteiger charge is 2.45. The maximum absolute atomic E-state index is 14.1. The fourth-order valence-electron chi connectivity index (χ4n) is 5.70. The van der Waals surface area contributed by atoms with Crippen LogP contribution < -0.4 is 4.90 Å². The molecule has 2 atom stereocenters. The van der Waals surface area contributed by atoms with Crippen LogP contribution in [-0.4, -0.2) is 52.8 Å². The molecule has 40 heavy (non-hydrogen) atoms. The van der Waals surface area contributed by atoms with Crippen molar-refractivity contribution in [1.29, 1.82) is 0 Å². The van der Waals surface area contributed by atoms with E-state index in [4.69, 9.17) is 9.84 Å². The van der Waals surface area contributed by atoms with Crippen molar-refractivity contribution in [2.24, 2.45) is 11.0 Å². The standard InChI is InChI=1S/C27H25N5O6S2/c33-27(18-15-21(31(34)35)26(22(16-18)32(36)37)29-8-10-38-11-9-29)30-25(23-7-3-13-40-23)20-6-1-4-17(24(20)28-30)14-19-5-2-12-39-19/h2-3,5,7,12-16,20,25H,1,4,6,8-11H2/b17-14+/t20-,25-/m0/s1. The van der Waals surface area contributed by atoms with Crippen molar-refractivity contribution < 1.29 is 19.4 Å². The van der Waals surface area contributed by atoms with E-state index in [1.807, 2.05) is 35.0 Å². The molecular weight excluding hydrogens is 554 g/mol. The molecule has 13 heteroatoms. The zero-order chi connectivity index (χ0) is 27.8. The summed E-state index contributed by atoms with van der Waals surface area (Å²) < 4.78 is 5.33. The summed E-state index contributed by atoms with van der Waals surface area (Å²) in [6.45, 7) is 1.14. The number of rotatable bonds is 6. The Morgan fingerprint density at radius 3 is 2.38 bits per heavy atom. The lowest BCUT2D eigenvalue weighted by atomic mass is 9.79. The van der Waals surface area contributed by atoms with E-state index in [0.717, 1.165) is 52.4 Å². The minimum absolute atomic E-state index is 0.0415. The Labute approximate surface area is 237 Å². The number of amides is 1. The van der Waals surface area contributed by atoms with Gasteiger partial charge in [-0.05, 0) is 53.8 Å². The van der Waals surface area contributed by atoms with Gasteiger partial charge in [-0.25, -0.2) is 5.01 Å². The first kappa shape index (κ1) is 26.3. The van der Waals surface area contributed by atoms with Crippen molar-refractivity contribution in [2.75, 3.05) is 31.2 Å². The Hall–Kier alpha value is -3.94. The molecule has 4 heterocycles. The molecule has 0 N–H and O–H groups in total. The number of fused-ring (bicyclic) bond motifs is 1. The van der Waals surface area contributed by atoms with Gasteiger partial charge in [-0.15, -0.1) is 22.7 Å². The molecule has 1 aliphatic carbocycles. The number of benzene rings is 1. The van der Waals surface area contributed by atoms with Crippen molar-refractivity contribution in [1.82, 2.24) is 5.01 Å². The average Bonchev–Trinajstić information content (AvgIpc) is 3.74. The molecular formula is C27H25N5O6S2. The first-order chi connectivity index (χ1) is 19.4. The quantitative estimate of drug-likeness (QED) is 0.262. The summed E-state index contributed by atoms with van der Waals surface area (Å²) in [5.74, 6) is -0.643. The topological polar surface area (TPSA) is 131 Å². The van der Waals surface area contributed by atoms with Gasteiger partial charge in [-0.2, -0.15) is 5.10 Å². The number of ether oxygens (including phenoxy) is 1. The van der Waals surface area contributed by atoms with E-state index >= 15 is 0 Å². The highest BCUT2D eigenvalue weighted by atomic mass is 32.1. The van der Waals surface area contributed by atoms with Gasteiger partial charge in [0.1, 0.15) is 0 Å². The van der Waals surface area contributed by atoms with E-state index in [0.29, 0.717) is 13.2 Å². The highest BCUT2D eigenvalue weighted by molar-refractivity contribution is 7.11. The maximum Gasteiger partial charge on any atom is 0.300 e. The molecule has 11 nitrogen and oxygen atoms in total. The molecule has 1 aromatic carbocycles. The Morgan fingerprint density at radius 2 is 1.75 bits per heavy atom. The summed E-state index contributed by atoms with van der Waals surface area (Å²) in [7, 11) is 0. The lowest BCUT2D eigenvalue weighted by Crippen LogP contribution is -2.37. The van der Waals surface area contributed by atoms with Crippen molar-refractivity contribution in [2.45, 2.75) is 25.3 Å². The zero-order valence-corrected chi connectivity index (χ0v) is 22.9. The summed E-state index contributed by atoms with van der Waals surface area (Å²) in [4.78, 5) is 40.7. The van der Waals surface area contributed by atoms with Gasteiger partial charge in [0, 0.05) is 40.9 Å². The summed E-state index contributed by atoms with van der Waals surface area (Å²) in [5, 5.41) is 34.5. The molecule has 0 bridgehead atoms. The normalized spacial score (nSPS) is 21.8. The Kier molecular flexibility index (Phi) is 7.17. The van der Waals surface area contributed by atoms with Gasteiger partial charge in [0.05, 0.1) is 40.4 Å². The van der Waals surface area contributed by atoms with Gasteiger partial charge >= 0.3 is 0 Å². The Bertz CT molecular complexity index is 1480. The van der Waals surface area contributed by atoms with Gasteiger partial charge in [0.2, 0.25) is 0 Å². The molecule has 2 aliphatic heterocycles. The third kappa shape index (κ3) is 4.80. The number of nitro benzene ring substituents is 2. The van der Waals surface area contributed by atoms with E-state index in [9.17, 15) is 25.0 Å². The smallest absolute Gasteiger partial charge is 0.300 e. The molecule has 0 radical (unpaired) electrons. The van der Waals surface area contributed by atoms with Gasteiger partial charge in [0.15, 0.2) is 5.69 Å². The molecule has 3 aliphatic rings. The molecule has 3 aromatic rings. The van der Waals surface area contributed by atoms with Crippen molar-refractivity contribution in [3.05, 3.63) is 88.3 Å². The number of hydrogen-bond donors (Lipinski definition) is 0. The minimum Gasteiger partial charge on any atom is -0.378 e. The van der Waals surface area contributed by atoms with E-state index < -0.39 is 33.2 Å². The predicted octanol–water partition coefficient (Wildman–Crippen LogP) is 5.90. The average molecular weight is 580 g/mol. The summed E-state index contributed by atoms with van der Waals surface area (Å²) in [6, 6.07) is 9.79. The van der Waals surface area contributed by atoms with Crippen LogP contribution in [0.2, 0.25) is 0 Å². The molecule has 2 fully saturated rings. The second-order valence-corrected chi connectivity index (χ2v) is 11.7. The number of nitrogens with zero attached hydrogens (tertiary/aromatic N) is 5. The van der Waals surface area contributed by atoms with Crippen LogP contribution in [-0.2, 0) is 4.74 Å². The minimum atomic E-state index is -0.664. The number of allylic oxidation sites excluding steroid dienone is 1. The van der Waals surface area contributed by atoms with Gasteiger partial charge in [-0.3, -0.25) is 25.0 Å². The molecule has 1 saturated carbocycles. The number of carbonyl (C=O) groups is 1. The van der Waals surface area contributed by atoms with Crippen LogP contribution >= 0.6 is 22.7 Å². The molecule has 6 rings (SSSR count). The van der Waals surface area contributed by atoms with E-state index in [1.54, 1.807) is 16.2 Å². The number of hydrogen-bond acceptors (Lipinski definition) is 10. The molecule has 1 saturated heterocycles. The zero-order valence-electron chi connectivity index (χ0n) is 21.3. The Balaban J connectivity index is 1.45. The number of morpholine rings is 1. The summed E-state index contributed by atoms with van der Waals surface area (Å²) in [5.41, 5.74) is 0.704. The van der Waals surface area contributed by atoms with Crippen LogP contribution in [0.1, 0.15) is 45.4 Å².